The second-order valence-corrected chi connectivity index (χ2v) is 3.04. The summed E-state index contributed by atoms with van der Waals surface area (Å²) in [6.07, 6.45) is -0.809. The zero-order valence-electron chi connectivity index (χ0n) is 7.46. The number of rotatable bonds is 3. The maximum Gasteiger partial charge on any atom is 0.194 e. The lowest BCUT2D eigenvalue weighted by Gasteiger charge is -2.08. The van der Waals surface area contributed by atoms with Crippen LogP contribution in [0.4, 0.5) is 8.78 Å². The molecule has 0 bridgehead atoms. The van der Waals surface area contributed by atoms with Crippen LogP contribution >= 0.6 is 9.47 Å². The van der Waals surface area contributed by atoms with Crippen LogP contribution < -0.4 is 0 Å². The second-order valence-electron chi connectivity index (χ2n) is 2.77. The van der Waals surface area contributed by atoms with Gasteiger partial charge in [0.1, 0.15) is 17.7 Å². The van der Waals surface area contributed by atoms with Crippen LogP contribution in [0.2, 0.25) is 0 Å². The van der Waals surface area contributed by atoms with E-state index in [2.05, 4.69) is 4.52 Å². The largest absolute Gasteiger partial charge is 0.355 e. The van der Waals surface area contributed by atoms with Gasteiger partial charge < -0.3 is 4.52 Å². The summed E-state index contributed by atoms with van der Waals surface area (Å²) in [4.78, 5) is 11.4. The predicted octanol–water partition coefficient (Wildman–Crippen LogP) is 2.34. The Kier molecular flexibility index (Phi) is 3.67. The third kappa shape index (κ3) is 2.34. The molecule has 0 saturated heterocycles. The second kappa shape index (κ2) is 4.58. The molecule has 0 N–H and O–H groups in total. The molecule has 0 saturated carbocycles. The van der Waals surface area contributed by atoms with E-state index in [1.165, 1.54) is 6.92 Å². The minimum Gasteiger partial charge on any atom is -0.355 e. The average molecular weight is 218 g/mol. The average Bonchev–Trinajstić information content (AvgIpc) is 2.19. The molecule has 1 aromatic rings. The number of hydrogen-bond donors (Lipinski definition) is 0. The molecule has 0 heterocycles. The predicted molar refractivity (Wildman–Crippen MR) is 50.9 cm³/mol. The highest BCUT2D eigenvalue weighted by molar-refractivity contribution is 7.09. The van der Waals surface area contributed by atoms with E-state index in [1.54, 1.807) is 0 Å². The highest BCUT2D eigenvalue weighted by Gasteiger charge is 2.18. The van der Waals surface area contributed by atoms with Crippen molar-refractivity contribution in [2.24, 2.45) is 0 Å². The van der Waals surface area contributed by atoms with Crippen molar-refractivity contribution in [1.29, 1.82) is 0 Å². The van der Waals surface area contributed by atoms with Gasteiger partial charge in [-0.05, 0) is 25.1 Å². The Hall–Kier alpha value is -0.860. The Bertz CT molecular complexity index is 355. The van der Waals surface area contributed by atoms with Crippen LogP contribution in [0, 0.1) is 11.6 Å². The first kappa shape index (κ1) is 11.2. The third-order valence-corrected chi connectivity index (χ3v) is 2.18. The van der Waals surface area contributed by atoms with Crippen molar-refractivity contribution in [1.82, 2.24) is 0 Å². The summed E-state index contributed by atoms with van der Waals surface area (Å²) < 4.78 is 30.4. The topological polar surface area (TPSA) is 26.3 Å². The summed E-state index contributed by atoms with van der Waals surface area (Å²) in [6.45, 7) is 1.46. The summed E-state index contributed by atoms with van der Waals surface area (Å²) in [5.74, 6) is -1.98. The van der Waals surface area contributed by atoms with Crippen molar-refractivity contribution < 1.29 is 18.1 Å². The van der Waals surface area contributed by atoms with Crippen molar-refractivity contribution in [3.8, 4) is 0 Å². The number of benzene rings is 1. The minimum absolute atomic E-state index is 0.292. The Labute approximate surface area is 82.5 Å². The number of carbonyl (C=O) groups is 1. The van der Waals surface area contributed by atoms with Gasteiger partial charge in [-0.25, -0.2) is 8.78 Å². The molecule has 0 spiro atoms. The van der Waals surface area contributed by atoms with Gasteiger partial charge in [-0.1, -0.05) is 0 Å². The van der Waals surface area contributed by atoms with Crippen LogP contribution in [0.5, 0.6) is 0 Å². The number of carbonyl (C=O) groups excluding carboxylic acids is 1. The first-order valence-electron chi connectivity index (χ1n) is 3.91. The van der Waals surface area contributed by atoms with E-state index in [-0.39, 0.29) is 5.56 Å². The molecule has 2 nitrogen and oxygen atoms in total. The molecule has 1 aromatic carbocycles. The Morgan fingerprint density at radius 1 is 1.50 bits per heavy atom. The van der Waals surface area contributed by atoms with Crippen molar-refractivity contribution in [3.63, 3.8) is 0 Å². The highest BCUT2D eigenvalue weighted by atomic mass is 31.0. The molecule has 2 unspecified atom stereocenters. The van der Waals surface area contributed by atoms with Crippen LogP contribution in [0.3, 0.4) is 0 Å². The summed E-state index contributed by atoms with van der Waals surface area (Å²) in [5, 5.41) is 0. The molecular weight excluding hydrogens is 209 g/mol. The molecule has 2 atom stereocenters. The van der Waals surface area contributed by atoms with Crippen molar-refractivity contribution in [3.05, 3.63) is 35.4 Å². The van der Waals surface area contributed by atoms with Crippen LogP contribution in [0.15, 0.2) is 18.2 Å². The van der Waals surface area contributed by atoms with Gasteiger partial charge >= 0.3 is 0 Å². The lowest BCUT2D eigenvalue weighted by molar-refractivity contribution is 0.0840. The lowest BCUT2D eigenvalue weighted by Crippen LogP contribution is -2.18. The van der Waals surface area contributed by atoms with Gasteiger partial charge in [-0.3, -0.25) is 4.79 Å². The van der Waals surface area contributed by atoms with E-state index in [0.29, 0.717) is 0 Å². The first-order valence-corrected chi connectivity index (χ1v) is 4.38. The molecule has 0 aliphatic heterocycles. The molecule has 0 fully saturated rings. The van der Waals surface area contributed by atoms with E-state index in [1.807, 2.05) is 9.47 Å². The van der Waals surface area contributed by atoms with Gasteiger partial charge in [-0.15, -0.1) is 0 Å². The molecule has 0 aliphatic rings. The molecule has 0 radical (unpaired) electrons. The maximum atomic E-state index is 13.1. The lowest BCUT2D eigenvalue weighted by atomic mass is 10.1. The van der Waals surface area contributed by atoms with Gasteiger partial charge in [-0.2, -0.15) is 0 Å². The highest BCUT2D eigenvalue weighted by Crippen LogP contribution is 2.14. The molecular formula is C9H9F2O2P. The Balaban J connectivity index is 3.06. The van der Waals surface area contributed by atoms with Crippen molar-refractivity contribution >= 4 is 15.2 Å². The minimum atomic E-state index is -0.809. The molecule has 1 rings (SSSR count). The van der Waals surface area contributed by atoms with Crippen molar-refractivity contribution in [2.45, 2.75) is 13.0 Å². The number of Topliss-reactive ketones (excluding diaryl/α,β-unsaturated/α-hetero) is 1. The Morgan fingerprint density at radius 2 is 2.14 bits per heavy atom. The molecule has 14 heavy (non-hydrogen) atoms. The summed E-state index contributed by atoms with van der Waals surface area (Å²) in [5.41, 5.74) is -0.292. The van der Waals surface area contributed by atoms with Crippen LogP contribution in [-0.2, 0) is 4.52 Å². The van der Waals surface area contributed by atoms with Crippen LogP contribution in [0.25, 0.3) is 0 Å². The van der Waals surface area contributed by atoms with Gasteiger partial charge in [0.15, 0.2) is 5.78 Å². The smallest absolute Gasteiger partial charge is 0.194 e. The quantitative estimate of drug-likeness (QED) is 0.575. The van der Waals surface area contributed by atoms with Crippen LogP contribution in [0.1, 0.15) is 17.3 Å². The van der Waals surface area contributed by atoms with E-state index >= 15 is 0 Å². The monoisotopic (exact) mass is 218 g/mol. The fraction of sp³-hybridized carbons (Fsp3) is 0.222. The molecule has 0 aliphatic carbocycles. The zero-order valence-corrected chi connectivity index (χ0v) is 8.61. The fourth-order valence-electron chi connectivity index (χ4n) is 0.967. The summed E-state index contributed by atoms with van der Waals surface area (Å²) in [7, 11) is 1.90. The summed E-state index contributed by atoms with van der Waals surface area (Å²) in [6, 6.07) is 2.73. The van der Waals surface area contributed by atoms with E-state index in [4.69, 9.17) is 0 Å². The SMILES string of the molecule is CC(OP)C(=O)c1cc(F)ccc1F. The molecule has 5 heteroatoms. The molecule has 0 amide bonds. The standard InChI is InChI=1S/C9H9F2O2P/c1-5(13-14)9(12)7-4-6(10)2-3-8(7)11/h2-5H,14H2,1H3. The number of halogens is 2. The van der Waals surface area contributed by atoms with Crippen LogP contribution in [-0.4, -0.2) is 11.9 Å². The van der Waals surface area contributed by atoms with E-state index < -0.39 is 23.5 Å². The normalized spacial score (nSPS) is 12.6. The van der Waals surface area contributed by atoms with Gasteiger partial charge in [0, 0.05) is 9.47 Å². The van der Waals surface area contributed by atoms with Gasteiger partial charge in [0.2, 0.25) is 0 Å². The third-order valence-electron chi connectivity index (χ3n) is 1.77. The van der Waals surface area contributed by atoms with E-state index in [9.17, 15) is 13.6 Å². The Morgan fingerprint density at radius 3 is 2.71 bits per heavy atom. The first-order chi connectivity index (χ1) is 6.56. The van der Waals surface area contributed by atoms with Gasteiger partial charge in [0.05, 0.1) is 5.56 Å². The molecule has 0 aromatic heterocycles. The van der Waals surface area contributed by atoms with Gasteiger partial charge in [0.25, 0.3) is 0 Å². The number of ketones is 1. The van der Waals surface area contributed by atoms with E-state index in [0.717, 1.165) is 18.2 Å². The zero-order chi connectivity index (χ0) is 10.7. The number of hydrogen-bond acceptors (Lipinski definition) is 2. The van der Waals surface area contributed by atoms with Crippen molar-refractivity contribution in [2.75, 3.05) is 0 Å². The maximum absolute atomic E-state index is 13.1. The summed E-state index contributed by atoms with van der Waals surface area (Å²) >= 11 is 0. The fourth-order valence-corrected chi connectivity index (χ4v) is 1.09. The molecule has 76 valence electrons.